The maximum absolute atomic E-state index is 6.23. The first kappa shape index (κ1) is 12.8. The van der Waals surface area contributed by atoms with Crippen molar-refractivity contribution in [2.45, 2.75) is 25.3 Å². The molecule has 0 fully saturated rings. The van der Waals surface area contributed by atoms with Crippen molar-refractivity contribution in [3.8, 4) is 0 Å². The molecular weight excluding hydrogens is 252 g/mol. The molecule has 0 aliphatic rings. The molecule has 0 bridgehead atoms. The number of hydrogen-bond donors (Lipinski definition) is 0. The zero-order valence-corrected chi connectivity index (χ0v) is 11.9. The van der Waals surface area contributed by atoms with Crippen LogP contribution in [0.4, 0.5) is 0 Å². The number of rotatable bonds is 4. The topological polar surface area (TPSA) is 17.8 Å². The molecule has 1 aromatic heterocycles. The largest absolute Gasteiger partial charge is 0.323 e. The fourth-order valence-corrected chi connectivity index (χ4v) is 2.91. The van der Waals surface area contributed by atoms with Gasteiger partial charge in [0.1, 0.15) is 5.82 Å². The first-order valence-corrected chi connectivity index (χ1v) is 7.58. The van der Waals surface area contributed by atoms with E-state index in [4.69, 9.17) is 11.6 Å². The van der Waals surface area contributed by atoms with Gasteiger partial charge in [-0.25, -0.2) is 4.98 Å². The van der Waals surface area contributed by atoms with Crippen LogP contribution in [0, 0.1) is 0 Å². The Bertz CT molecular complexity index is 507. The average molecular weight is 269 g/mol. The highest BCUT2D eigenvalue weighted by atomic mass is 35.5. The summed E-state index contributed by atoms with van der Waals surface area (Å²) in [5, 5.41) is -0.0632. The highest BCUT2D eigenvalue weighted by Crippen LogP contribution is 2.28. The van der Waals surface area contributed by atoms with Crippen molar-refractivity contribution in [1.29, 1.82) is 0 Å². The molecule has 2 aromatic rings. The molecule has 92 valence electrons. The summed E-state index contributed by atoms with van der Waals surface area (Å²) in [5.41, 5.74) is 2.21. The lowest BCUT2D eigenvalue weighted by Gasteiger charge is -2.17. The molecule has 0 saturated heterocycles. The van der Waals surface area contributed by atoms with Gasteiger partial charge in [0.2, 0.25) is 0 Å². The highest BCUT2D eigenvalue weighted by molar-refractivity contribution is 7.98. The molecule has 0 spiro atoms. The Morgan fingerprint density at radius 3 is 2.71 bits per heavy atom. The molecule has 0 radical (unpaired) electrons. The Balaban J connectivity index is 2.59. The van der Waals surface area contributed by atoms with Crippen molar-refractivity contribution in [1.82, 2.24) is 9.55 Å². The Hall–Kier alpha value is -0.670. The third-order valence-corrected chi connectivity index (χ3v) is 3.84. The number of benzene rings is 1. The molecule has 1 aromatic carbocycles. The van der Waals surface area contributed by atoms with E-state index in [0.29, 0.717) is 6.04 Å². The van der Waals surface area contributed by atoms with Gasteiger partial charge in [-0.2, -0.15) is 11.8 Å². The Labute approximate surface area is 111 Å². The maximum atomic E-state index is 6.23. The second-order valence-electron chi connectivity index (χ2n) is 4.25. The van der Waals surface area contributed by atoms with Crippen LogP contribution in [-0.4, -0.2) is 21.6 Å². The number of aromatic nitrogens is 2. The van der Waals surface area contributed by atoms with E-state index in [1.54, 1.807) is 0 Å². The smallest absolute Gasteiger partial charge is 0.127 e. The van der Waals surface area contributed by atoms with Crippen LogP contribution < -0.4 is 0 Å². The normalized spacial score (nSPS) is 15.1. The summed E-state index contributed by atoms with van der Waals surface area (Å²) >= 11 is 8.08. The lowest BCUT2D eigenvalue weighted by atomic mass is 10.3. The molecule has 2 atom stereocenters. The number of para-hydroxylation sites is 2. The maximum Gasteiger partial charge on any atom is 0.127 e. The van der Waals surface area contributed by atoms with E-state index in [2.05, 4.69) is 34.9 Å². The van der Waals surface area contributed by atoms with Gasteiger partial charge in [-0.15, -0.1) is 11.6 Å². The molecule has 1 heterocycles. The van der Waals surface area contributed by atoms with Gasteiger partial charge in [0.05, 0.1) is 16.4 Å². The van der Waals surface area contributed by atoms with Crippen LogP contribution in [0.3, 0.4) is 0 Å². The van der Waals surface area contributed by atoms with Crippen molar-refractivity contribution in [3.05, 3.63) is 30.1 Å². The minimum absolute atomic E-state index is 0.0632. The van der Waals surface area contributed by atoms with Crippen molar-refractivity contribution in [3.63, 3.8) is 0 Å². The second kappa shape index (κ2) is 5.32. The summed E-state index contributed by atoms with van der Waals surface area (Å²) in [6.45, 7) is 4.19. The zero-order chi connectivity index (χ0) is 12.4. The van der Waals surface area contributed by atoms with Crippen LogP contribution >= 0.6 is 23.4 Å². The molecule has 4 heteroatoms. The lowest BCUT2D eigenvalue weighted by molar-refractivity contribution is 0.593. The number of thioether (sulfide) groups is 1. The van der Waals surface area contributed by atoms with Crippen LogP contribution in [-0.2, 0) is 0 Å². The van der Waals surface area contributed by atoms with Gasteiger partial charge in [0, 0.05) is 11.8 Å². The van der Waals surface area contributed by atoms with E-state index < -0.39 is 0 Å². The molecule has 17 heavy (non-hydrogen) atoms. The van der Waals surface area contributed by atoms with Gasteiger partial charge < -0.3 is 4.57 Å². The lowest BCUT2D eigenvalue weighted by Crippen LogP contribution is -2.11. The molecule has 0 aliphatic carbocycles. The van der Waals surface area contributed by atoms with Crippen LogP contribution in [0.2, 0.25) is 0 Å². The fourth-order valence-electron chi connectivity index (χ4n) is 2.12. The predicted molar refractivity (Wildman–Crippen MR) is 77.1 cm³/mol. The predicted octanol–water partition coefficient (Wildman–Crippen LogP) is 4.26. The summed E-state index contributed by atoms with van der Waals surface area (Å²) in [6.07, 6.45) is 2.12. The Morgan fingerprint density at radius 2 is 2.06 bits per heavy atom. The summed E-state index contributed by atoms with van der Waals surface area (Å²) in [4.78, 5) is 4.64. The first-order valence-electron chi connectivity index (χ1n) is 5.75. The number of imidazole rings is 1. The minimum Gasteiger partial charge on any atom is -0.323 e. The third kappa shape index (κ3) is 2.45. The monoisotopic (exact) mass is 268 g/mol. The first-order chi connectivity index (χ1) is 8.15. The summed E-state index contributed by atoms with van der Waals surface area (Å²) in [7, 11) is 0. The molecule has 0 saturated carbocycles. The minimum atomic E-state index is -0.0632. The standard InChI is InChI=1S/C13H17ClN2S/c1-9(8-17-3)16-12-7-5-4-6-11(12)15-13(16)10(2)14/h4-7,9-10H,8H2,1-3H3. The SMILES string of the molecule is CSCC(C)n1c(C(C)Cl)nc2ccccc21. The van der Waals surface area contributed by atoms with Crippen LogP contribution in [0.5, 0.6) is 0 Å². The van der Waals surface area contributed by atoms with Gasteiger partial charge in [-0.1, -0.05) is 12.1 Å². The van der Waals surface area contributed by atoms with Crippen LogP contribution in [0.25, 0.3) is 11.0 Å². The van der Waals surface area contributed by atoms with E-state index in [1.807, 2.05) is 30.8 Å². The molecule has 2 unspecified atom stereocenters. The van der Waals surface area contributed by atoms with Crippen LogP contribution in [0.15, 0.2) is 24.3 Å². The Kier molecular flexibility index (Phi) is 4.00. The van der Waals surface area contributed by atoms with Gasteiger partial charge in [-0.05, 0) is 32.2 Å². The summed E-state index contributed by atoms with van der Waals surface area (Å²) < 4.78 is 2.27. The van der Waals surface area contributed by atoms with Crippen molar-refractivity contribution < 1.29 is 0 Å². The average Bonchev–Trinajstić information content (AvgIpc) is 2.68. The number of nitrogens with zero attached hydrogens (tertiary/aromatic N) is 2. The highest BCUT2D eigenvalue weighted by Gasteiger charge is 2.18. The summed E-state index contributed by atoms with van der Waals surface area (Å²) in [5.74, 6) is 2.03. The zero-order valence-electron chi connectivity index (χ0n) is 10.4. The summed E-state index contributed by atoms with van der Waals surface area (Å²) in [6, 6.07) is 8.63. The molecule has 2 nitrogen and oxygen atoms in total. The third-order valence-electron chi connectivity index (χ3n) is 2.83. The number of halogens is 1. The van der Waals surface area contributed by atoms with E-state index in [0.717, 1.165) is 17.1 Å². The van der Waals surface area contributed by atoms with Crippen molar-refractivity contribution in [2.24, 2.45) is 0 Å². The van der Waals surface area contributed by atoms with E-state index in [-0.39, 0.29) is 5.38 Å². The number of alkyl halides is 1. The second-order valence-corrected chi connectivity index (χ2v) is 5.81. The Morgan fingerprint density at radius 1 is 1.35 bits per heavy atom. The molecule has 0 amide bonds. The molecule has 0 aliphatic heterocycles. The molecule has 2 rings (SSSR count). The van der Waals surface area contributed by atoms with Gasteiger partial charge >= 0.3 is 0 Å². The van der Waals surface area contributed by atoms with E-state index >= 15 is 0 Å². The van der Waals surface area contributed by atoms with E-state index in [1.165, 1.54) is 5.52 Å². The van der Waals surface area contributed by atoms with Gasteiger partial charge in [0.15, 0.2) is 0 Å². The molecule has 0 N–H and O–H groups in total. The fraction of sp³-hybridized carbons (Fsp3) is 0.462. The van der Waals surface area contributed by atoms with E-state index in [9.17, 15) is 0 Å². The van der Waals surface area contributed by atoms with Crippen molar-refractivity contribution in [2.75, 3.05) is 12.0 Å². The molecular formula is C13H17ClN2S. The van der Waals surface area contributed by atoms with Gasteiger partial charge in [-0.3, -0.25) is 0 Å². The van der Waals surface area contributed by atoms with Crippen molar-refractivity contribution >= 4 is 34.4 Å². The number of hydrogen-bond acceptors (Lipinski definition) is 2. The number of fused-ring (bicyclic) bond motifs is 1. The van der Waals surface area contributed by atoms with Gasteiger partial charge in [0.25, 0.3) is 0 Å². The van der Waals surface area contributed by atoms with Crippen LogP contribution in [0.1, 0.15) is 31.1 Å². The quantitative estimate of drug-likeness (QED) is 0.771.